The summed E-state index contributed by atoms with van der Waals surface area (Å²) in [5, 5.41) is 0. The highest BCUT2D eigenvalue weighted by molar-refractivity contribution is 6.05. The van der Waals surface area contributed by atoms with E-state index in [0.29, 0.717) is 0 Å². The van der Waals surface area contributed by atoms with Crippen molar-refractivity contribution in [3.63, 3.8) is 0 Å². The van der Waals surface area contributed by atoms with Crippen LogP contribution in [0.15, 0.2) is 30.3 Å². The summed E-state index contributed by atoms with van der Waals surface area (Å²) in [6.45, 7) is 1.19. The van der Waals surface area contributed by atoms with E-state index in [1.807, 2.05) is 0 Å². The molecule has 0 aliphatic heterocycles. The Morgan fingerprint density at radius 1 is 1.28 bits per heavy atom. The molecular formula is C12H11F3O3. The molecule has 0 heterocycles. The van der Waals surface area contributed by atoms with Gasteiger partial charge in [-0.15, -0.1) is 0 Å². The van der Waals surface area contributed by atoms with Crippen molar-refractivity contribution in [2.24, 2.45) is 0 Å². The topological polar surface area (TPSA) is 43.4 Å². The van der Waals surface area contributed by atoms with Crippen LogP contribution in [0.3, 0.4) is 0 Å². The van der Waals surface area contributed by atoms with Gasteiger partial charge in [-0.05, 0) is 6.92 Å². The van der Waals surface area contributed by atoms with E-state index in [2.05, 4.69) is 4.74 Å². The molecule has 0 bridgehead atoms. The molecule has 0 radical (unpaired) electrons. The maximum atomic E-state index is 13.6. The lowest BCUT2D eigenvalue weighted by atomic mass is 10.0. The minimum Gasteiger partial charge on any atom is -0.463 e. The minimum atomic E-state index is -4.06. The second kappa shape index (κ2) is 5.66. The third-order valence-corrected chi connectivity index (χ3v) is 2.17. The average molecular weight is 260 g/mol. The first kappa shape index (κ1) is 14.2. The van der Waals surface area contributed by atoms with Gasteiger partial charge in [-0.25, -0.2) is 9.18 Å². The predicted molar refractivity (Wildman–Crippen MR) is 56.9 cm³/mol. The maximum absolute atomic E-state index is 13.6. The van der Waals surface area contributed by atoms with Crippen LogP contribution in [0.5, 0.6) is 0 Å². The molecule has 1 aromatic carbocycles. The molecule has 0 saturated carbocycles. The van der Waals surface area contributed by atoms with E-state index in [-0.39, 0.29) is 6.61 Å². The number of hydrogen-bond donors (Lipinski definition) is 0. The second-order valence-corrected chi connectivity index (χ2v) is 3.42. The van der Waals surface area contributed by atoms with Crippen LogP contribution in [0.25, 0.3) is 0 Å². The van der Waals surface area contributed by atoms with E-state index in [9.17, 15) is 22.8 Å². The van der Waals surface area contributed by atoms with Crippen molar-refractivity contribution in [2.75, 3.05) is 6.61 Å². The van der Waals surface area contributed by atoms with Gasteiger partial charge in [-0.1, -0.05) is 30.3 Å². The van der Waals surface area contributed by atoms with Crippen LogP contribution < -0.4 is 0 Å². The van der Waals surface area contributed by atoms with E-state index in [1.165, 1.54) is 25.1 Å². The molecule has 0 saturated heterocycles. The fraction of sp³-hybridized carbons (Fsp3) is 0.333. The molecule has 0 aliphatic rings. The molecule has 0 amide bonds. The van der Waals surface area contributed by atoms with Crippen LogP contribution in [-0.4, -0.2) is 24.5 Å². The lowest BCUT2D eigenvalue weighted by Gasteiger charge is -2.16. The zero-order chi connectivity index (χ0) is 13.8. The fourth-order valence-electron chi connectivity index (χ4n) is 1.27. The summed E-state index contributed by atoms with van der Waals surface area (Å²) < 4.78 is 44.6. The first-order valence-corrected chi connectivity index (χ1v) is 5.19. The monoisotopic (exact) mass is 260 g/mol. The summed E-state index contributed by atoms with van der Waals surface area (Å²) in [6, 6.07) is 6.01. The van der Waals surface area contributed by atoms with E-state index in [4.69, 9.17) is 0 Å². The molecule has 6 heteroatoms. The largest absolute Gasteiger partial charge is 0.463 e. The number of esters is 1. The first-order valence-electron chi connectivity index (χ1n) is 5.19. The standard InChI is InChI=1S/C12H11F3O3/c1-2-18-11(17)9(13)10(16)12(14,15)8-6-4-3-5-7-8/h3-7,9H,2H2,1H3. The Morgan fingerprint density at radius 3 is 2.33 bits per heavy atom. The molecule has 0 fully saturated rings. The smallest absolute Gasteiger partial charge is 0.348 e. The van der Waals surface area contributed by atoms with E-state index in [1.54, 1.807) is 0 Å². The summed E-state index contributed by atoms with van der Waals surface area (Å²) >= 11 is 0. The molecule has 0 aliphatic carbocycles. The number of carbonyl (C=O) groups excluding carboxylic acids is 2. The van der Waals surface area contributed by atoms with Crippen LogP contribution in [-0.2, 0) is 20.2 Å². The van der Waals surface area contributed by atoms with Crippen LogP contribution >= 0.6 is 0 Å². The van der Waals surface area contributed by atoms with Gasteiger partial charge in [0.15, 0.2) is 0 Å². The Hall–Kier alpha value is -1.85. The highest BCUT2D eigenvalue weighted by Crippen LogP contribution is 2.30. The summed E-state index contributed by atoms with van der Waals surface area (Å²) in [5.41, 5.74) is -0.665. The average Bonchev–Trinajstić information content (AvgIpc) is 2.38. The molecule has 1 aromatic rings. The lowest BCUT2D eigenvalue weighted by Crippen LogP contribution is -2.39. The summed E-state index contributed by atoms with van der Waals surface area (Å²) in [4.78, 5) is 22.2. The summed E-state index contributed by atoms with van der Waals surface area (Å²) in [6.07, 6.45) is -2.99. The van der Waals surface area contributed by atoms with Gasteiger partial charge in [0.1, 0.15) is 0 Å². The highest BCUT2D eigenvalue weighted by atomic mass is 19.3. The molecular weight excluding hydrogens is 249 g/mol. The van der Waals surface area contributed by atoms with Crippen molar-refractivity contribution < 1.29 is 27.5 Å². The van der Waals surface area contributed by atoms with Gasteiger partial charge < -0.3 is 4.74 Å². The zero-order valence-electron chi connectivity index (χ0n) is 9.53. The van der Waals surface area contributed by atoms with E-state index < -0.39 is 29.4 Å². The van der Waals surface area contributed by atoms with Crippen molar-refractivity contribution in [3.8, 4) is 0 Å². The van der Waals surface area contributed by atoms with Gasteiger partial charge in [0, 0.05) is 5.56 Å². The van der Waals surface area contributed by atoms with Crippen LogP contribution in [0, 0.1) is 0 Å². The van der Waals surface area contributed by atoms with Crippen molar-refractivity contribution in [1.29, 1.82) is 0 Å². The molecule has 18 heavy (non-hydrogen) atoms. The molecule has 1 unspecified atom stereocenters. The Bertz CT molecular complexity index is 431. The Kier molecular flexibility index (Phi) is 4.47. The van der Waals surface area contributed by atoms with Crippen LogP contribution in [0.4, 0.5) is 13.2 Å². The van der Waals surface area contributed by atoms with Crippen molar-refractivity contribution >= 4 is 11.8 Å². The lowest BCUT2D eigenvalue weighted by molar-refractivity contribution is -0.163. The van der Waals surface area contributed by atoms with Gasteiger partial charge in [0.2, 0.25) is 0 Å². The zero-order valence-corrected chi connectivity index (χ0v) is 9.53. The van der Waals surface area contributed by atoms with Gasteiger partial charge in [-0.2, -0.15) is 8.78 Å². The van der Waals surface area contributed by atoms with Gasteiger partial charge in [0.05, 0.1) is 6.61 Å². The second-order valence-electron chi connectivity index (χ2n) is 3.42. The predicted octanol–water partition coefficient (Wildman–Crippen LogP) is 2.25. The summed E-state index contributed by atoms with van der Waals surface area (Å²) in [5.74, 6) is -7.78. The Labute approximate surface area is 102 Å². The number of Topliss-reactive ketones (excluding diaryl/α,β-unsaturated/α-hetero) is 1. The third kappa shape index (κ3) is 2.88. The molecule has 98 valence electrons. The van der Waals surface area contributed by atoms with Crippen molar-refractivity contribution in [1.82, 2.24) is 0 Å². The number of benzene rings is 1. The van der Waals surface area contributed by atoms with Crippen LogP contribution in [0.1, 0.15) is 12.5 Å². The normalized spacial score (nSPS) is 12.9. The number of hydrogen-bond acceptors (Lipinski definition) is 3. The van der Waals surface area contributed by atoms with Crippen molar-refractivity contribution in [3.05, 3.63) is 35.9 Å². The number of rotatable bonds is 5. The Morgan fingerprint density at radius 2 is 1.83 bits per heavy atom. The fourth-order valence-corrected chi connectivity index (χ4v) is 1.27. The maximum Gasteiger partial charge on any atom is 0.348 e. The number of carbonyl (C=O) groups is 2. The molecule has 1 rings (SSSR count). The first-order chi connectivity index (χ1) is 8.41. The molecule has 0 aromatic heterocycles. The molecule has 3 nitrogen and oxygen atoms in total. The van der Waals surface area contributed by atoms with Gasteiger partial charge >= 0.3 is 11.9 Å². The van der Waals surface area contributed by atoms with Gasteiger partial charge in [-0.3, -0.25) is 4.79 Å². The van der Waals surface area contributed by atoms with Gasteiger partial charge in [0.25, 0.3) is 12.0 Å². The SMILES string of the molecule is CCOC(=O)C(F)C(=O)C(F)(F)c1ccccc1. The third-order valence-electron chi connectivity index (χ3n) is 2.17. The molecule has 0 spiro atoms. The number of ketones is 1. The minimum absolute atomic E-state index is 0.191. The summed E-state index contributed by atoms with van der Waals surface area (Å²) in [7, 11) is 0. The van der Waals surface area contributed by atoms with Crippen molar-refractivity contribution in [2.45, 2.75) is 19.0 Å². The quantitative estimate of drug-likeness (QED) is 0.602. The number of ether oxygens (including phenoxy) is 1. The van der Waals surface area contributed by atoms with Crippen LogP contribution in [0.2, 0.25) is 0 Å². The molecule has 0 N–H and O–H groups in total. The number of alkyl halides is 3. The molecule has 1 atom stereocenters. The highest BCUT2D eigenvalue weighted by Gasteiger charge is 2.48. The Balaban J connectivity index is 2.92. The number of halogens is 3. The van der Waals surface area contributed by atoms with E-state index >= 15 is 0 Å². The van der Waals surface area contributed by atoms with E-state index in [0.717, 1.165) is 12.1 Å².